The quantitative estimate of drug-likeness (QED) is 0.697. The fraction of sp³-hybridized carbons (Fsp3) is 0.409. The molecular formula is C22H30ClN3O2+2. The number of amides is 1. The van der Waals surface area contributed by atoms with Gasteiger partial charge in [0.15, 0.2) is 6.54 Å². The zero-order valence-electron chi connectivity index (χ0n) is 16.7. The Morgan fingerprint density at radius 3 is 2.50 bits per heavy atom. The van der Waals surface area contributed by atoms with E-state index in [0.717, 1.165) is 49.1 Å². The number of hydrogen-bond donors (Lipinski definition) is 2. The van der Waals surface area contributed by atoms with E-state index < -0.39 is 0 Å². The first-order chi connectivity index (χ1) is 13.5. The number of likely N-dealkylation sites (N-methyl/N-ethyl adjacent to an activating group) is 1. The second-order valence-electron chi connectivity index (χ2n) is 7.55. The van der Waals surface area contributed by atoms with E-state index in [4.69, 9.17) is 16.3 Å². The highest BCUT2D eigenvalue weighted by atomic mass is 35.5. The zero-order valence-corrected chi connectivity index (χ0v) is 17.5. The van der Waals surface area contributed by atoms with Crippen molar-refractivity contribution in [2.75, 3.05) is 46.9 Å². The third-order valence-corrected chi connectivity index (χ3v) is 5.67. The van der Waals surface area contributed by atoms with Crippen LogP contribution < -0.4 is 14.5 Å². The molecule has 5 nitrogen and oxygen atoms in total. The Bertz CT molecular complexity index is 791. The van der Waals surface area contributed by atoms with Crippen molar-refractivity contribution in [3.8, 4) is 5.75 Å². The van der Waals surface area contributed by atoms with Crippen molar-refractivity contribution in [2.24, 2.45) is 0 Å². The Kier molecular flexibility index (Phi) is 7.31. The Hall–Kier alpha value is -2.08. The summed E-state index contributed by atoms with van der Waals surface area (Å²) in [6, 6.07) is 16.0. The summed E-state index contributed by atoms with van der Waals surface area (Å²) < 4.78 is 5.39. The van der Waals surface area contributed by atoms with Gasteiger partial charge in [0.05, 0.1) is 7.11 Å². The van der Waals surface area contributed by atoms with Gasteiger partial charge in [-0.1, -0.05) is 41.9 Å². The van der Waals surface area contributed by atoms with Crippen LogP contribution in [0.5, 0.6) is 5.75 Å². The van der Waals surface area contributed by atoms with Gasteiger partial charge >= 0.3 is 0 Å². The lowest BCUT2D eigenvalue weighted by molar-refractivity contribution is -1.02. The molecular weight excluding hydrogens is 374 g/mol. The summed E-state index contributed by atoms with van der Waals surface area (Å²) in [5.74, 6) is 1.01. The normalized spacial score (nSPS) is 19.2. The molecule has 0 spiro atoms. The highest BCUT2D eigenvalue weighted by Gasteiger charge is 2.26. The summed E-state index contributed by atoms with van der Waals surface area (Å²) in [5.41, 5.74) is 2.31. The molecule has 2 aromatic carbocycles. The molecule has 1 fully saturated rings. The van der Waals surface area contributed by atoms with E-state index in [2.05, 4.69) is 6.07 Å². The predicted molar refractivity (Wildman–Crippen MR) is 111 cm³/mol. The minimum Gasteiger partial charge on any atom is -0.496 e. The standard InChI is InChI=1S/C22H28ClN3O2/c1-24(16-19-7-3-4-9-21(19)28-2)22(27)17-26-12-10-25(11-13-26)15-18-6-5-8-20(23)14-18/h3-9,14H,10-13,15-17H2,1-2H3/p+2. The van der Waals surface area contributed by atoms with Gasteiger partial charge in [0.1, 0.15) is 38.5 Å². The van der Waals surface area contributed by atoms with Crippen molar-refractivity contribution >= 4 is 17.5 Å². The van der Waals surface area contributed by atoms with Crippen LogP contribution in [0.4, 0.5) is 0 Å². The van der Waals surface area contributed by atoms with E-state index in [1.807, 2.05) is 49.5 Å². The molecule has 0 aromatic heterocycles. The van der Waals surface area contributed by atoms with Gasteiger partial charge in [0.25, 0.3) is 5.91 Å². The van der Waals surface area contributed by atoms with Crippen LogP contribution in [0.2, 0.25) is 5.02 Å². The largest absolute Gasteiger partial charge is 0.496 e. The molecule has 1 aliphatic rings. The maximum Gasteiger partial charge on any atom is 0.277 e. The van der Waals surface area contributed by atoms with Gasteiger partial charge in [-0.05, 0) is 18.2 Å². The van der Waals surface area contributed by atoms with Gasteiger partial charge in [0, 0.05) is 29.7 Å². The summed E-state index contributed by atoms with van der Waals surface area (Å²) in [6.07, 6.45) is 0. The van der Waals surface area contributed by atoms with Crippen molar-refractivity contribution in [1.82, 2.24) is 4.90 Å². The van der Waals surface area contributed by atoms with Crippen LogP contribution in [0, 0.1) is 0 Å². The molecule has 0 aliphatic carbocycles. The van der Waals surface area contributed by atoms with Gasteiger partial charge in [-0.25, -0.2) is 0 Å². The first-order valence-corrected chi connectivity index (χ1v) is 10.2. The SMILES string of the molecule is COc1ccccc1CN(C)C(=O)C[NH+]1CC[NH+](Cc2cccc(Cl)c2)CC1. The summed E-state index contributed by atoms with van der Waals surface area (Å²) in [6.45, 7) is 6.30. The van der Waals surface area contributed by atoms with Crippen molar-refractivity contribution < 1.29 is 19.3 Å². The molecule has 150 valence electrons. The number of methoxy groups -OCH3 is 1. The number of hydrogen-bond acceptors (Lipinski definition) is 2. The van der Waals surface area contributed by atoms with E-state index >= 15 is 0 Å². The highest BCUT2D eigenvalue weighted by molar-refractivity contribution is 6.30. The molecule has 0 bridgehead atoms. The summed E-state index contributed by atoms with van der Waals surface area (Å²) >= 11 is 6.09. The van der Waals surface area contributed by atoms with Crippen LogP contribution in [0.15, 0.2) is 48.5 Å². The fourth-order valence-corrected chi connectivity index (χ4v) is 3.99. The average molecular weight is 404 g/mol. The average Bonchev–Trinajstić information content (AvgIpc) is 2.70. The van der Waals surface area contributed by atoms with Crippen LogP contribution in [-0.2, 0) is 17.9 Å². The van der Waals surface area contributed by atoms with Crippen LogP contribution in [0.25, 0.3) is 0 Å². The highest BCUT2D eigenvalue weighted by Crippen LogP contribution is 2.18. The first kappa shape index (κ1) is 20.6. The Balaban J connectivity index is 1.45. The maximum absolute atomic E-state index is 12.7. The van der Waals surface area contributed by atoms with E-state index in [9.17, 15) is 4.79 Å². The monoisotopic (exact) mass is 403 g/mol. The van der Waals surface area contributed by atoms with Crippen molar-refractivity contribution in [1.29, 1.82) is 0 Å². The lowest BCUT2D eigenvalue weighted by Gasteiger charge is -2.30. The van der Waals surface area contributed by atoms with Gasteiger partial charge in [-0.15, -0.1) is 0 Å². The van der Waals surface area contributed by atoms with Crippen LogP contribution >= 0.6 is 11.6 Å². The summed E-state index contributed by atoms with van der Waals surface area (Å²) in [4.78, 5) is 17.4. The molecule has 0 radical (unpaired) electrons. The van der Waals surface area contributed by atoms with Crippen LogP contribution in [0.3, 0.4) is 0 Å². The zero-order chi connectivity index (χ0) is 19.9. The minimum absolute atomic E-state index is 0.180. The molecule has 0 saturated carbocycles. The van der Waals surface area contributed by atoms with Gasteiger partial charge in [0.2, 0.25) is 0 Å². The van der Waals surface area contributed by atoms with Crippen molar-refractivity contribution in [3.63, 3.8) is 0 Å². The number of carbonyl (C=O) groups is 1. The van der Waals surface area contributed by atoms with E-state index in [1.165, 1.54) is 10.5 Å². The summed E-state index contributed by atoms with van der Waals surface area (Å²) in [7, 11) is 3.53. The number of para-hydroxylation sites is 1. The first-order valence-electron chi connectivity index (χ1n) is 9.82. The molecule has 1 heterocycles. The smallest absolute Gasteiger partial charge is 0.277 e. The number of quaternary nitrogens is 2. The molecule has 1 aliphatic heterocycles. The third-order valence-electron chi connectivity index (χ3n) is 5.43. The Morgan fingerprint density at radius 2 is 1.79 bits per heavy atom. The minimum atomic E-state index is 0.180. The number of benzene rings is 2. The number of nitrogens with zero attached hydrogens (tertiary/aromatic N) is 1. The number of halogens is 1. The Morgan fingerprint density at radius 1 is 1.07 bits per heavy atom. The van der Waals surface area contributed by atoms with Gasteiger partial charge in [-0.2, -0.15) is 0 Å². The lowest BCUT2D eigenvalue weighted by atomic mass is 10.2. The van der Waals surface area contributed by atoms with Crippen molar-refractivity contribution in [2.45, 2.75) is 13.1 Å². The second-order valence-corrected chi connectivity index (χ2v) is 7.98. The predicted octanol–water partition coefficient (Wildman–Crippen LogP) is 0.291. The molecule has 28 heavy (non-hydrogen) atoms. The summed E-state index contributed by atoms with van der Waals surface area (Å²) in [5, 5.41) is 0.796. The third kappa shape index (κ3) is 5.71. The number of piperazine rings is 1. The molecule has 3 rings (SSSR count). The molecule has 6 heteroatoms. The molecule has 1 saturated heterocycles. The van der Waals surface area contributed by atoms with Gasteiger partial charge in [-0.3, -0.25) is 4.79 Å². The van der Waals surface area contributed by atoms with Crippen molar-refractivity contribution in [3.05, 3.63) is 64.7 Å². The number of nitrogens with one attached hydrogen (secondary N) is 2. The molecule has 0 atom stereocenters. The topological polar surface area (TPSA) is 38.4 Å². The van der Waals surface area contributed by atoms with E-state index in [-0.39, 0.29) is 5.91 Å². The number of rotatable bonds is 7. The maximum atomic E-state index is 12.7. The van der Waals surface area contributed by atoms with E-state index in [0.29, 0.717) is 13.1 Å². The number of ether oxygens (including phenoxy) is 1. The van der Waals surface area contributed by atoms with Crippen LogP contribution in [0.1, 0.15) is 11.1 Å². The fourth-order valence-electron chi connectivity index (χ4n) is 3.77. The van der Waals surface area contributed by atoms with E-state index in [1.54, 1.807) is 16.9 Å². The van der Waals surface area contributed by atoms with Gasteiger partial charge < -0.3 is 19.4 Å². The number of carbonyl (C=O) groups excluding carboxylic acids is 1. The van der Waals surface area contributed by atoms with Crippen LogP contribution in [-0.4, -0.2) is 57.7 Å². The Labute approximate surface area is 172 Å². The lowest BCUT2D eigenvalue weighted by Crippen LogP contribution is -3.28. The second kappa shape index (κ2) is 9.92. The molecule has 2 aromatic rings. The molecule has 2 N–H and O–H groups in total. The molecule has 1 amide bonds. The molecule has 0 unspecified atom stereocenters.